The van der Waals surface area contributed by atoms with Crippen molar-refractivity contribution in [1.29, 1.82) is 0 Å². The highest BCUT2D eigenvalue weighted by molar-refractivity contribution is 8.16. The van der Waals surface area contributed by atoms with Crippen LogP contribution < -0.4 is 4.90 Å². The van der Waals surface area contributed by atoms with Gasteiger partial charge in [0.05, 0.1) is 13.2 Å². The molecule has 1 unspecified atom stereocenters. The summed E-state index contributed by atoms with van der Waals surface area (Å²) >= 11 is 1.62. The van der Waals surface area contributed by atoms with Crippen LogP contribution in [0.25, 0.3) is 0 Å². The van der Waals surface area contributed by atoms with E-state index in [1.807, 2.05) is 12.3 Å². The Kier molecular flexibility index (Phi) is 2.88. The van der Waals surface area contributed by atoms with Crippen molar-refractivity contribution in [3.8, 4) is 0 Å². The number of thioether (sulfide) groups is 1. The third-order valence-corrected chi connectivity index (χ3v) is 3.22. The van der Waals surface area contributed by atoms with Crippen molar-refractivity contribution in [1.82, 2.24) is 0 Å². The number of nitrogens with one attached hydrogen (secondary N) is 1. The summed E-state index contributed by atoms with van der Waals surface area (Å²) in [4.78, 5) is 16.9. The molecule has 14 heavy (non-hydrogen) atoms. The summed E-state index contributed by atoms with van der Waals surface area (Å²) in [5.41, 5.74) is 1.10. The monoisotopic (exact) mass is 213 g/mol. The summed E-state index contributed by atoms with van der Waals surface area (Å²) < 4.78 is 4.91. The van der Waals surface area contributed by atoms with Gasteiger partial charge in [0.2, 0.25) is 0 Å². The highest BCUT2D eigenvalue weighted by atomic mass is 32.2. The van der Waals surface area contributed by atoms with Gasteiger partial charge in [-0.05, 0) is 18.7 Å². The quantitative estimate of drug-likeness (QED) is 0.659. The normalized spacial score (nSPS) is 24.2. The van der Waals surface area contributed by atoms with Gasteiger partial charge in [-0.1, -0.05) is 0 Å². The van der Waals surface area contributed by atoms with Crippen LogP contribution in [0.3, 0.4) is 0 Å². The van der Waals surface area contributed by atoms with Crippen molar-refractivity contribution in [2.45, 2.75) is 13.3 Å². The number of hydrogen-bond donors (Lipinski definition) is 1. The molecule has 1 N–H and O–H groups in total. The van der Waals surface area contributed by atoms with Gasteiger partial charge in [0, 0.05) is 5.41 Å². The maximum Gasteiger partial charge on any atom is 0.315 e. The second-order valence-electron chi connectivity index (χ2n) is 3.16. The average molecular weight is 213 g/mol. The van der Waals surface area contributed by atoms with Gasteiger partial charge in [0.25, 0.3) is 5.17 Å². The molecule has 2 aliphatic rings. The second kappa shape index (κ2) is 4.14. The zero-order valence-electron chi connectivity index (χ0n) is 8.08. The van der Waals surface area contributed by atoms with Crippen LogP contribution >= 0.6 is 11.8 Å². The Morgan fingerprint density at radius 2 is 2.64 bits per heavy atom. The number of aliphatic imine (C=N–C) groups is 1. The molecule has 0 aromatic rings. The molecule has 0 spiro atoms. The first-order valence-corrected chi connectivity index (χ1v) is 5.61. The van der Waals surface area contributed by atoms with Crippen LogP contribution in [0.5, 0.6) is 0 Å². The molecule has 0 amide bonds. The third kappa shape index (κ3) is 1.83. The molecular weight excluding hydrogens is 200 g/mol. The maximum atomic E-state index is 11.3. The molecule has 1 atom stereocenters. The van der Waals surface area contributed by atoms with Crippen LogP contribution in [0.4, 0.5) is 0 Å². The Balaban J connectivity index is 1.93. The standard InChI is InChI=1S/C9H12N2O2S/c1-2-13-8(12)5-7-6-14-9-10-3-4-11(7)9/h6H,2-5H2,1H3/p+1. The Hall–Kier alpha value is -0.810. The molecule has 2 rings (SSSR count). The number of nitrogens with zero attached hydrogens (tertiary/aromatic N) is 1. The van der Waals surface area contributed by atoms with Crippen LogP contribution in [0, 0.1) is 0 Å². The lowest BCUT2D eigenvalue weighted by molar-refractivity contribution is -0.749. The molecule has 0 aromatic heterocycles. The summed E-state index contributed by atoms with van der Waals surface area (Å²) in [6.07, 6.45) is 0.398. The lowest BCUT2D eigenvalue weighted by Crippen LogP contribution is -3.09. The zero-order chi connectivity index (χ0) is 9.97. The van der Waals surface area contributed by atoms with Gasteiger partial charge in [-0.25, -0.2) is 9.89 Å². The van der Waals surface area contributed by atoms with Crippen LogP contribution in [-0.4, -0.2) is 30.8 Å². The van der Waals surface area contributed by atoms with Crippen LogP contribution in [0.2, 0.25) is 0 Å². The Morgan fingerprint density at radius 3 is 3.43 bits per heavy atom. The minimum atomic E-state index is -0.139. The van der Waals surface area contributed by atoms with E-state index < -0.39 is 0 Å². The number of amidine groups is 1. The summed E-state index contributed by atoms with van der Waals surface area (Å²) in [6.45, 7) is 4.13. The fourth-order valence-electron chi connectivity index (χ4n) is 1.59. The molecule has 0 aliphatic carbocycles. The number of ether oxygens (including phenoxy) is 1. The fourth-order valence-corrected chi connectivity index (χ4v) is 2.61. The van der Waals surface area contributed by atoms with Crippen molar-refractivity contribution in [2.24, 2.45) is 4.99 Å². The van der Waals surface area contributed by atoms with E-state index in [9.17, 15) is 4.79 Å². The van der Waals surface area contributed by atoms with Gasteiger partial charge in [-0.3, -0.25) is 4.79 Å². The van der Waals surface area contributed by atoms with Gasteiger partial charge in [-0.15, -0.1) is 0 Å². The number of carbonyl (C=O) groups is 1. The van der Waals surface area contributed by atoms with Crippen LogP contribution in [0.1, 0.15) is 13.3 Å². The Morgan fingerprint density at radius 1 is 1.79 bits per heavy atom. The number of fused-ring (bicyclic) bond motifs is 1. The second-order valence-corrected chi connectivity index (χ2v) is 4.02. The molecule has 5 heteroatoms. The molecule has 0 aromatic carbocycles. The molecule has 4 nitrogen and oxygen atoms in total. The topological polar surface area (TPSA) is 43.1 Å². The highest BCUT2D eigenvalue weighted by Gasteiger charge is 2.33. The first-order chi connectivity index (χ1) is 6.81. The minimum Gasteiger partial charge on any atom is -0.466 e. The van der Waals surface area contributed by atoms with Crippen molar-refractivity contribution in [3.05, 3.63) is 11.1 Å². The molecule has 0 saturated heterocycles. The van der Waals surface area contributed by atoms with E-state index >= 15 is 0 Å². The SMILES string of the molecule is CCOC(=O)CC1=CSC2=NCC[NH+]12. The summed E-state index contributed by atoms with van der Waals surface area (Å²) in [6, 6.07) is 0. The number of rotatable bonds is 3. The molecular formula is C9H13N2O2S+. The number of hydrogen-bond acceptors (Lipinski definition) is 4. The summed E-state index contributed by atoms with van der Waals surface area (Å²) in [7, 11) is 0. The molecule has 2 heterocycles. The van der Waals surface area contributed by atoms with E-state index in [4.69, 9.17) is 4.74 Å². The van der Waals surface area contributed by atoms with Crippen molar-refractivity contribution < 1.29 is 14.4 Å². The molecule has 2 aliphatic heterocycles. The van der Waals surface area contributed by atoms with Gasteiger partial charge >= 0.3 is 5.97 Å². The highest BCUT2D eigenvalue weighted by Crippen LogP contribution is 2.15. The minimum absolute atomic E-state index is 0.139. The van der Waals surface area contributed by atoms with Gasteiger partial charge in [-0.2, -0.15) is 0 Å². The van der Waals surface area contributed by atoms with Crippen molar-refractivity contribution in [2.75, 3.05) is 19.7 Å². The van der Waals surface area contributed by atoms with Crippen molar-refractivity contribution in [3.63, 3.8) is 0 Å². The lowest BCUT2D eigenvalue weighted by atomic mass is 10.3. The van der Waals surface area contributed by atoms with Gasteiger partial charge in [0.15, 0.2) is 0 Å². The van der Waals surface area contributed by atoms with Gasteiger partial charge in [0.1, 0.15) is 18.7 Å². The smallest absolute Gasteiger partial charge is 0.315 e. The lowest BCUT2D eigenvalue weighted by Gasteiger charge is -2.09. The van der Waals surface area contributed by atoms with E-state index in [1.54, 1.807) is 11.8 Å². The fraction of sp³-hybridized carbons (Fsp3) is 0.556. The van der Waals surface area contributed by atoms with E-state index in [-0.39, 0.29) is 5.97 Å². The number of esters is 1. The zero-order valence-corrected chi connectivity index (χ0v) is 8.89. The molecule has 0 radical (unpaired) electrons. The predicted octanol–water partition coefficient (Wildman–Crippen LogP) is -0.218. The van der Waals surface area contributed by atoms with E-state index in [1.165, 1.54) is 4.90 Å². The number of quaternary nitrogens is 1. The van der Waals surface area contributed by atoms with E-state index in [2.05, 4.69) is 4.99 Å². The Labute approximate surface area is 87.0 Å². The van der Waals surface area contributed by atoms with Gasteiger partial charge < -0.3 is 4.74 Å². The van der Waals surface area contributed by atoms with Crippen LogP contribution in [-0.2, 0) is 9.53 Å². The number of carbonyl (C=O) groups excluding carboxylic acids is 1. The van der Waals surface area contributed by atoms with E-state index in [0.29, 0.717) is 13.0 Å². The maximum absolute atomic E-state index is 11.3. The molecule has 0 fully saturated rings. The average Bonchev–Trinajstić information content (AvgIpc) is 2.70. The molecule has 0 saturated carbocycles. The summed E-state index contributed by atoms with van der Waals surface area (Å²) in [5.74, 6) is -0.139. The van der Waals surface area contributed by atoms with Crippen LogP contribution in [0.15, 0.2) is 16.1 Å². The van der Waals surface area contributed by atoms with Crippen molar-refractivity contribution >= 4 is 22.9 Å². The first-order valence-electron chi connectivity index (χ1n) is 4.73. The molecule has 76 valence electrons. The summed E-state index contributed by atoms with van der Waals surface area (Å²) in [5, 5.41) is 3.12. The first kappa shape index (κ1) is 9.73. The van der Waals surface area contributed by atoms with E-state index in [0.717, 1.165) is 24.0 Å². The Bertz CT molecular complexity index is 312. The third-order valence-electron chi connectivity index (χ3n) is 2.22. The molecule has 0 bridgehead atoms. The predicted molar refractivity (Wildman–Crippen MR) is 55.1 cm³/mol. The largest absolute Gasteiger partial charge is 0.466 e.